The number of ether oxygens (including phenoxy) is 1. The molecule has 0 aliphatic rings. The minimum absolute atomic E-state index is 0.0888. The molecule has 0 amide bonds. The fraction of sp³-hybridized carbons (Fsp3) is 0.323. The number of hydrogen-bond acceptors (Lipinski definition) is 6. The quantitative estimate of drug-likeness (QED) is 0.0391. The molecular weight excluding hydrogens is 592 g/mol. The summed E-state index contributed by atoms with van der Waals surface area (Å²) in [5.74, 6) is -2.25. The van der Waals surface area contributed by atoms with Gasteiger partial charge in [-0.3, -0.25) is 9.98 Å². The summed E-state index contributed by atoms with van der Waals surface area (Å²) < 4.78 is 59.9. The van der Waals surface area contributed by atoms with Crippen LogP contribution >= 0.6 is 0 Å². The average Bonchev–Trinajstić information content (AvgIpc) is 3.37. The lowest BCUT2D eigenvalue weighted by Gasteiger charge is -2.14. The minimum Gasteiger partial charge on any atom is -0.403 e. The Bertz CT molecular complexity index is 1700. The molecule has 0 saturated carbocycles. The van der Waals surface area contributed by atoms with E-state index in [2.05, 4.69) is 31.9 Å². The second-order valence-electron chi connectivity index (χ2n) is 10.8. The molecule has 2 atom stereocenters. The number of halogens is 4. The molecule has 4 aromatic rings. The zero-order valence-corrected chi connectivity index (χ0v) is 24.7. The van der Waals surface area contributed by atoms with Gasteiger partial charge in [-0.15, -0.1) is 19.8 Å². The summed E-state index contributed by atoms with van der Waals surface area (Å²) in [5, 5.41) is 13.9. The molecule has 0 spiro atoms. The number of nitrogens with one attached hydrogen (secondary N) is 4. The van der Waals surface area contributed by atoms with Crippen molar-refractivity contribution in [3.63, 3.8) is 0 Å². The van der Waals surface area contributed by atoms with Gasteiger partial charge in [0, 0.05) is 35.8 Å². The summed E-state index contributed by atoms with van der Waals surface area (Å²) in [6.45, 7) is 6.77. The highest BCUT2D eigenvalue weighted by Gasteiger charge is 2.33. The van der Waals surface area contributed by atoms with Crippen LogP contribution < -0.4 is 32.5 Å². The third-order valence-electron chi connectivity index (χ3n) is 7.05. The second-order valence-corrected chi connectivity index (χ2v) is 10.8. The summed E-state index contributed by atoms with van der Waals surface area (Å²) in [7, 11) is 0. The number of fused-ring (bicyclic) bond motifs is 1. The molecule has 0 unspecified atom stereocenters. The van der Waals surface area contributed by atoms with Gasteiger partial charge in [0.2, 0.25) is 0 Å². The van der Waals surface area contributed by atoms with Gasteiger partial charge in [-0.25, -0.2) is 9.18 Å². The topological polar surface area (TPSA) is 160 Å². The number of alkyl halides is 3. The first-order valence-electron chi connectivity index (χ1n) is 14.3. The van der Waals surface area contributed by atoms with Crippen LogP contribution in [0, 0.1) is 11.2 Å². The van der Waals surface area contributed by atoms with Crippen LogP contribution in [0.5, 0.6) is 5.75 Å². The van der Waals surface area contributed by atoms with Crippen molar-refractivity contribution in [2.24, 2.45) is 11.5 Å². The Morgan fingerprint density at radius 2 is 1.93 bits per heavy atom. The Morgan fingerprint density at radius 1 is 1.20 bits per heavy atom. The molecular formula is C31H36F4N8O2. The lowest BCUT2D eigenvalue weighted by atomic mass is 10.0. The van der Waals surface area contributed by atoms with Gasteiger partial charge in [0.15, 0.2) is 17.5 Å². The van der Waals surface area contributed by atoms with Crippen LogP contribution in [0.1, 0.15) is 37.3 Å². The summed E-state index contributed by atoms with van der Waals surface area (Å²) in [6.07, 6.45) is 0.410. The highest BCUT2D eigenvalue weighted by Crippen LogP contribution is 2.35. The number of benzene rings is 2. The van der Waals surface area contributed by atoms with E-state index in [0.29, 0.717) is 55.4 Å². The molecule has 0 radical (unpaired) electrons. The van der Waals surface area contributed by atoms with Crippen molar-refractivity contribution in [3.05, 3.63) is 88.7 Å². The first kappa shape index (κ1) is 33.2. The largest absolute Gasteiger partial charge is 0.573 e. The van der Waals surface area contributed by atoms with Crippen molar-refractivity contribution in [3.8, 4) is 22.7 Å². The molecule has 8 N–H and O–H groups in total. The molecule has 0 aliphatic heterocycles. The fourth-order valence-electron chi connectivity index (χ4n) is 4.86. The Kier molecular flexibility index (Phi) is 10.6. The number of guanidine groups is 1. The molecule has 0 bridgehead atoms. The SMILES string of the molecule is C=C[C@H](CCNCc1ccc(-n2cc3cc(-c4cc(CCC[C@H](C)N)cc(OC(F)(F)F)c4F)[nH]c3nc2=O)cc1)NC(=N)N. The van der Waals surface area contributed by atoms with Gasteiger partial charge < -0.3 is 31.8 Å². The number of aromatic amines is 1. The monoisotopic (exact) mass is 628 g/mol. The molecule has 4 rings (SSSR count). The molecule has 10 nitrogen and oxygen atoms in total. The van der Waals surface area contributed by atoms with Crippen molar-refractivity contribution in [1.29, 1.82) is 5.41 Å². The molecule has 0 saturated heterocycles. The first-order chi connectivity index (χ1) is 21.3. The van der Waals surface area contributed by atoms with E-state index in [1.807, 2.05) is 19.1 Å². The zero-order chi connectivity index (χ0) is 32.7. The highest BCUT2D eigenvalue weighted by molar-refractivity contribution is 5.83. The average molecular weight is 629 g/mol. The van der Waals surface area contributed by atoms with E-state index < -0.39 is 23.6 Å². The Labute approximate surface area is 257 Å². The maximum atomic E-state index is 15.3. The Hall–Kier alpha value is -4.69. The summed E-state index contributed by atoms with van der Waals surface area (Å²) in [6, 6.07) is 11.0. The number of hydrogen-bond donors (Lipinski definition) is 6. The standard InChI is InChI=1S/C31H36F4N8O2/c1-3-22(40-29(37)38)11-12-39-16-19-7-9-23(10-8-19)43-17-21-15-25(41-28(21)42-30(43)44)24-13-20(6-4-5-18(2)36)14-26(27(24)32)45-31(33,34)35/h3,7-10,13-15,17-18,22,39H,1,4-6,11-12,16,36H2,2H3,(H4,37,38,40)(H,41,42,44)/t18-,22+/m0/s1. The summed E-state index contributed by atoms with van der Waals surface area (Å²) >= 11 is 0. The van der Waals surface area contributed by atoms with Crippen molar-refractivity contribution in [2.75, 3.05) is 6.54 Å². The molecule has 2 aromatic heterocycles. The van der Waals surface area contributed by atoms with Crippen molar-refractivity contribution in [2.45, 2.75) is 57.6 Å². The third kappa shape index (κ3) is 9.16. The number of nitrogens with two attached hydrogens (primary N) is 2. The van der Waals surface area contributed by atoms with E-state index in [4.69, 9.17) is 16.9 Å². The van der Waals surface area contributed by atoms with E-state index in [-0.39, 0.29) is 34.9 Å². The van der Waals surface area contributed by atoms with E-state index in [1.54, 1.807) is 18.2 Å². The van der Waals surface area contributed by atoms with Crippen molar-refractivity contribution >= 4 is 17.0 Å². The van der Waals surface area contributed by atoms with Gasteiger partial charge in [-0.1, -0.05) is 18.2 Å². The van der Waals surface area contributed by atoms with E-state index in [0.717, 1.165) is 11.6 Å². The smallest absolute Gasteiger partial charge is 0.403 e. The number of H-pyrrole nitrogens is 1. The Balaban J connectivity index is 1.55. The predicted molar refractivity (Wildman–Crippen MR) is 166 cm³/mol. The first-order valence-corrected chi connectivity index (χ1v) is 14.3. The zero-order valence-electron chi connectivity index (χ0n) is 24.7. The fourth-order valence-corrected chi connectivity index (χ4v) is 4.86. The van der Waals surface area contributed by atoms with Crippen LogP contribution in [0.3, 0.4) is 0 Å². The number of rotatable bonds is 14. The van der Waals surface area contributed by atoms with E-state index in [9.17, 15) is 18.0 Å². The van der Waals surface area contributed by atoms with Crippen LogP contribution in [-0.2, 0) is 13.0 Å². The molecule has 2 aromatic carbocycles. The summed E-state index contributed by atoms with van der Waals surface area (Å²) in [5.41, 5.74) is 12.7. The highest BCUT2D eigenvalue weighted by atomic mass is 19.4. The Morgan fingerprint density at radius 3 is 2.58 bits per heavy atom. The van der Waals surface area contributed by atoms with Crippen molar-refractivity contribution in [1.82, 2.24) is 25.2 Å². The van der Waals surface area contributed by atoms with Crippen LogP contribution in [0.2, 0.25) is 0 Å². The van der Waals surface area contributed by atoms with Gasteiger partial charge in [-0.05, 0) is 80.6 Å². The molecule has 45 heavy (non-hydrogen) atoms. The normalized spacial score (nSPS) is 13.0. The second kappa shape index (κ2) is 14.4. The predicted octanol–water partition coefficient (Wildman–Crippen LogP) is 4.61. The van der Waals surface area contributed by atoms with Gasteiger partial charge in [0.05, 0.1) is 11.4 Å². The minimum atomic E-state index is -5.08. The van der Waals surface area contributed by atoms with Crippen LogP contribution in [0.25, 0.3) is 28.0 Å². The molecule has 14 heteroatoms. The van der Waals surface area contributed by atoms with Crippen LogP contribution in [0.4, 0.5) is 17.6 Å². The number of nitrogens with zero attached hydrogens (tertiary/aromatic N) is 2. The van der Waals surface area contributed by atoms with Crippen molar-refractivity contribution < 1.29 is 22.3 Å². The lowest BCUT2D eigenvalue weighted by Crippen LogP contribution is -2.39. The van der Waals surface area contributed by atoms with Crippen LogP contribution in [0.15, 0.2) is 66.1 Å². The maximum absolute atomic E-state index is 15.3. The van der Waals surface area contributed by atoms with Gasteiger partial charge in [0.25, 0.3) is 0 Å². The van der Waals surface area contributed by atoms with E-state index in [1.165, 1.54) is 22.9 Å². The molecule has 240 valence electrons. The van der Waals surface area contributed by atoms with E-state index >= 15 is 4.39 Å². The van der Waals surface area contributed by atoms with Gasteiger partial charge in [0.1, 0.15) is 5.65 Å². The molecule has 0 aliphatic carbocycles. The summed E-state index contributed by atoms with van der Waals surface area (Å²) in [4.78, 5) is 19.8. The van der Waals surface area contributed by atoms with Gasteiger partial charge in [-0.2, -0.15) is 4.98 Å². The molecule has 2 heterocycles. The van der Waals surface area contributed by atoms with Crippen LogP contribution in [-0.4, -0.2) is 45.5 Å². The number of aromatic nitrogens is 3. The molecule has 0 fully saturated rings. The lowest BCUT2D eigenvalue weighted by molar-refractivity contribution is -0.275. The maximum Gasteiger partial charge on any atom is 0.573 e. The van der Waals surface area contributed by atoms with Gasteiger partial charge >= 0.3 is 12.1 Å². The number of aryl methyl sites for hydroxylation is 1. The third-order valence-corrected chi connectivity index (χ3v) is 7.05.